The number of aromatic nitrogens is 2. The molecule has 1 aliphatic heterocycles. The zero-order valence-electron chi connectivity index (χ0n) is 12.9. The van der Waals surface area contributed by atoms with Crippen molar-refractivity contribution in [3.05, 3.63) is 30.1 Å². The molecule has 0 bridgehead atoms. The molecule has 116 valence electrons. The van der Waals surface area contributed by atoms with Crippen molar-refractivity contribution in [2.45, 2.75) is 32.2 Å². The van der Waals surface area contributed by atoms with Crippen molar-refractivity contribution < 1.29 is 9.32 Å². The molecule has 2 aromatic rings. The Bertz CT molecular complexity index is 668. The van der Waals surface area contributed by atoms with Gasteiger partial charge in [0, 0.05) is 36.7 Å². The molecule has 6 heteroatoms. The molecule has 3 rings (SSSR count). The monoisotopic (exact) mass is 300 g/mol. The summed E-state index contributed by atoms with van der Waals surface area (Å²) in [5.74, 6) is 1.34. The minimum absolute atomic E-state index is 0.172. The number of anilines is 1. The number of nitrogens with zero attached hydrogens (tertiary/aromatic N) is 3. The van der Waals surface area contributed by atoms with Crippen LogP contribution in [0.1, 0.15) is 25.6 Å². The van der Waals surface area contributed by atoms with E-state index in [4.69, 9.17) is 4.52 Å². The van der Waals surface area contributed by atoms with Gasteiger partial charge in [-0.05, 0) is 38.6 Å². The molecule has 1 amide bonds. The van der Waals surface area contributed by atoms with E-state index in [9.17, 15) is 4.79 Å². The first-order valence-electron chi connectivity index (χ1n) is 7.58. The fraction of sp³-hybridized carbons (Fsp3) is 0.438. The van der Waals surface area contributed by atoms with E-state index < -0.39 is 0 Å². The molecule has 1 fully saturated rings. The lowest BCUT2D eigenvalue weighted by Gasteiger charge is -2.15. The summed E-state index contributed by atoms with van der Waals surface area (Å²) in [6.07, 6.45) is 2.25. The SMILES string of the molecule is CNC(C)Cc1noc(-c2cccc(N3CCCC3=O)c2)n1. The van der Waals surface area contributed by atoms with Crippen LogP contribution < -0.4 is 10.2 Å². The van der Waals surface area contributed by atoms with Crippen molar-refractivity contribution in [1.82, 2.24) is 15.5 Å². The number of nitrogens with one attached hydrogen (secondary N) is 1. The summed E-state index contributed by atoms with van der Waals surface area (Å²) in [6.45, 7) is 2.84. The van der Waals surface area contributed by atoms with E-state index in [1.165, 1.54) is 0 Å². The molecule has 0 aliphatic carbocycles. The van der Waals surface area contributed by atoms with Crippen molar-refractivity contribution >= 4 is 11.6 Å². The molecule has 0 saturated carbocycles. The molecule has 1 aliphatic rings. The second kappa shape index (κ2) is 6.27. The molecule has 1 atom stereocenters. The molecule has 1 aromatic carbocycles. The van der Waals surface area contributed by atoms with Gasteiger partial charge in [0.1, 0.15) is 0 Å². The summed E-state index contributed by atoms with van der Waals surface area (Å²) in [7, 11) is 1.90. The lowest BCUT2D eigenvalue weighted by atomic mass is 10.2. The summed E-state index contributed by atoms with van der Waals surface area (Å²) in [6, 6.07) is 7.99. The summed E-state index contributed by atoms with van der Waals surface area (Å²) in [5.41, 5.74) is 1.73. The maximum Gasteiger partial charge on any atom is 0.257 e. The van der Waals surface area contributed by atoms with E-state index in [2.05, 4.69) is 22.4 Å². The number of carbonyl (C=O) groups excluding carboxylic acids is 1. The Labute approximate surface area is 129 Å². The summed E-state index contributed by atoms with van der Waals surface area (Å²) < 4.78 is 5.35. The van der Waals surface area contributed by atoms with Crippen LogP contribution in [0.2, 0.25) is 0 Å². The lowest BCUT2D eigenvalue weighted by Crippen LogP contribution is -2.24. The van der Waals surface area contributed by atoms with Gasteiger partial charge in [-0.25, -0.2) is 0 Å². The highest BCUT2D eigenvalue weighted by atomic mass is 16.5. The Morgan fingerprint density at radius 1 is 1.45 bits per heavy atom. The van der Waals surface area contributed by atoms with Crippen LogP contribution >= 0.6 is 0 Å². The van der Waals surface area contributed by atoms with Crippen molar-refractivity contribution in [2.24, 2.45) is 0 Å². The first-order valence-corrected chi connectivity index (χ1v) is 7.58. The van der Waals surface area contributed by atoms with E-state index in [1.807, 2.05) is 36.2 Å². The number of hydrogen-bond donors (Lipinski definition) is 1. The first kappa shape index (κ1) is 14.7. The number of benzene rings is 1. The maximum absolute atomic E-state index is 11.8. The molecule has 0 radical (unpaired) electrons. The highest BCUT2D eigenvalue weighted by molar-refractivity contribution is 5.95. The van der Waals surface area contributed by atoms with E-state index in [-0.39, 0.29) is 5.91 Å². The van der Waals surface area contributed by atoms with Gasteiger partial charge in [-0.15, -0.1) is 0 Å². The van der Waals surface area contributed by atoms with Crippen molar-refractivity contribution in [3.63, 3.8) is 0 Å². The molecule has 1 aromatic heterocycles. The van der Waals surface area contributed by atoms with Gasteiger partial charge in [-0.1, -0.05) is 11.2 Å². The Balaban J connectivity index is 1.81. The molecule has 1 N–H and O–H groups in total. The van der Waals surface area contributed by atoms with Crippen LogP contribution in [-0.4, -0.2) is 35.7 Å². The quantitative estimate of drug-likeness (QED) is 0.914. The highest BCUT2D eigenvalue weighted by Crippen LogP contribution is 2.26. The number of rotatable bonds is 5. The van der Waals surface area contributed by atoms with Gasteiger partial charge in [0.05, 0.1) is 0 Å². The average Bonchev–Trinajstić information content (AvgIpc) is 3.16. The summed E-state index contributed by atoms with van der Waals surface area (Å²) in [4.78, 5) is 18.1. The fourth-order valence-electron chi connectivity index (χ4n) is 2.56. The zero-order chi connectivity index (χ0) is 15.5. The normalized spacial score (nSPS) is 16.3. The summed E-state index contributed by atoms with van der Waals surface area (Å²) >= 11 is 0. The average molecular weight is 300 g/mol. The van der Waals surface area contributed by atoms with E-state index in [0.29, 0.717) is 30.6 Å². The smallest absolute Gasteiger partial charge is 0.257 e. The molecular weight excluding hydrogens is 280 g/mol. The molecule has 2 heterocycles. The van der Waals surface area contributed by atoms with Crippen LogP contribution in [0.4, 0.5) is 5.69 Å². The Hall–Kier alpha value is -2.21. The van der Waals surface area contributed by atoms with Crippen molar-refractivity contribution in [3.8, 4) is 11.5 Å². The van der Waals surface area contributed by atoms with Crippen molar-refractivity contribution in [1.29, 1.82) is 0 Å². The van der Waals surface area contributed by atoms with Gasteiger partial charge in [-0.3, -0.25) is 4.79 Å². The van der Waals surface area contributed by atoms with Gasteiger partial charge in [0.2, 0.25) is 5.91 Å². The molecule has 1 saturated heterocycles. The minimum atomic E-state index is 0.172. The third-order valence-corrected chi connectivity index (χ3v) is 3.93. The number of carbonyl (C=O) groups is 1. The standard InChI is InChI=1S/C16H20N4O2/c1-11(17-2)9-14-18-16(22-19-14)12-5-3-6-13(10-12)20-8-4-7-15(20)21/h3,5-6,10-11,17H,4,7-9H2,1-2H3. The van der Waals surface area contributed by atoms with Crippen LogP contribution in [0, 0.1) is 0 Å². The molecule has 1 unspecified atom stereocenters. The Morgan fingerprint density at radius 2 is 2.32 bits per heavy atom. The van der Waals surface area contributed by atoms with Gasteiger partial charge in [0.25, 0.3) is 5.89 Å². The van der Waals surface area contributed by atoms with Crippen LogP contribution in [0.5, 0.6) is 0 Å². The number of amides is 1. The maximum atomic E-state index is 11.8. The third-order valence-electron chi connectivity index (χ3n) is 3.93. The van der Waals surface area contributed by atoms with Gasteiger partial charge >= 0.3 is 0 Å². The van der Waals surface area contributed by atoms with Gasteiger partial charge in [-0.2, -0.15) is 4.98 Å². The second-order valence-electron chi connectivity index (χ2n) is 5.61. The largest absolute Gasteiger partial charge is 0.334 e. The highest BCUT2D eigenvalue weighted by Gasteiger charge is 2.22. The predicted octanol–water partition coefficient (Wildman–Crippen LogP) is 2.01. The molecule has 0 spiro atoms. The van der Waals surface area contributed by atoms with Gasteiger partial charge in [0.15, 0.2) is 5.82 Å². The van der Waals surface area contributed by atoms with Crippen LogP contribution in [-0.2, 0) is 11.2 Å². The van der Waals surface area contributed by atoms with Crippen LogP contribution in [0.15, 0.2) is 28.8 Å². The van der Waals surface area contributed by atoms with Crippen LogP contribution in [0.25, 0.3) is 11.5 Å². The second-order valence-corrected chi connectivity index (χ2v) is 5.61. The predicted molar refractivity (Wildman–Crippen MR) is 83.5 cm³/mol. The Morgan fingerprint density at radius 3 is 3.05 bits per heavy atom. The zero-order valence-corrected chi connectivity index (χ0v) is 12.9. The molecular formula is C16H20N4O2. The van der Waals surface area contributed by atoms with Crippen molar-refractivity contribution in [2.75, 3.05) is 18.5 Å². The first-order chi connectivity index (χ1) is 10.7. The fourth-order valence-corrected chi connectivity index (χ4v) is 2.56. The summed E-state index contributed by atoms with van der Waals surface area (Å²) in [5, 5.41) is 7.16. The van der Waals surface area contributed by atoms with E-state index in [0.717, 1.165) is 24.2 Å². The minimum Gasteiger partial charge on any atom is -0.334 e. The van der Waals surface area contributed by atoms with Gasteiger partial charge < -0.3 is 14.7 Å². The Kier molecular flexibility index (Phi) is 4.20. The lowest BCUT2D eigenvalue weighted by molar-refractivity contribution is -0.117. The third kappa shape index (κ3) is 3.01. The van der Waals surface area contributed by atoms with Crippen LogP contribution in [0.3, 0.4) is 0 Å². The number of hydrogen-bond acceptors (Lipinski definition) is 5. The van der Waals surface area contributed by atoms with E-state index in [1.54, 1.807) is 0 Å². The molecule has 6 nitrogen and oxygen atoms in total. The topological polar surface area (TPSA) is 71.3 Å². The molecule has 22 heavy (non-hydrogen) atoms. The number of likely N-dealkylation sites (N-methyl/N-ethyl adjacent to an activating group) is 1. The van der Waals surface area contributed by atoms with E-state index >= 15 is 0 Å².